The van der Waals surface area contributed by atoms with Crippen LogP contribution < -0.4 is 0 Å². The van der Waals surface area contributed by atoms with Crippen molar-refractivity contribution in [3.05, 3.63) is 41.6 Å². The van der Waals surface area contributed by atoms with Crippen molar-refractivity contribution in [3.8, 4) is 11.6 Å². The highest BCUT2D eigenvalue weighted by molar-refractivity contribution is 7.99. The molecule has 0 spiro atoms. The fourth-order valence-corrected chi connectivity index (χ4v) is 3.32. The first-order valence-electron chi connectivity index (χ1n) is 7.79. The van der Waals surface area contributed by atoms with E-state index in [2.05, 4.69) is 23.0 Å². The van der Waals surface area contributed by atoms with Crippen LogP contribution in [0.5, 0.6) is 0 Å². The summed E-state index contributed by atoms with van der Waals surface area (Å²) in [5.41, 5.74) is 4.15. The van der Waals surface area contributed by atoms with Crippen LogP contribution in [-0.2, 0) is 16.1 Å². The van der Waals surface area contributed by atoms with Crippen molar-refractivity contribution in [2.24, 2.45) is 0 Å². The van der Waals surface area contributed by atoms with E-state index in [1.807, 2.05) is 18.2 Å². The number of ether oxygens (including phenoxy) is 2. The molecule has 25 heavy (non-hydrogen) atoms. The van der Waals surface area contributed by atoms with Gasteiger partial charge >= 0.3 is 0 Å². The number of thiocarbonyl (C=S) groups is 1. The summed E-state index contributed by atoms with van der Waals surface area (Å²) in [7, 11) is 1.60. The number of rotatable bonds is 8. The highest BCUT2D eigenvalue weighted by Crippen LogP contribution is 2.32. The van der Waals surface area contributed by atoms with Crippen LogP contribution in [0, 0.1) is 0 Å². The molecule has 0 atom stereocenters. The van der Waals surface area contributed by atoms with Gasteiger partial charge in [-0.1, -0.05) is 25.2 Å². The number of fused-ring (bicyclic) bond motifs is 1. The van der Waals surface area contributed by atoms with E-state index in [1.165, 1.54) is 0 Å². The maximum atomic E-state index is 5.89. The number of methoxy groups -OCH3 is 1. The maximum absolute atomic E-state index is 5.89. The molecule has 0 aliphatic heterocycles. The van der Waals surface area contributed by atoms with Crippen molar-refractivity contribution in [1.82, 2.24) is 9.97 Å². The summed E-state index contributed by atoms with van der Waals surface area (Å²) < 4.78 is 16.2. The highest BCUT2D eigenvalue weighted by Gasteiger charge is 2.15. The monoisotopic (exact) mass is 374 g/mol. The number of aromatic nitrogens is 2. The van der Waals surface area contributed by atoms with Crippen LogP contribution in [0.4, 0.5) is 0 Å². The number of hydrogen-bond donors (Lipinski definition) is 0. The molecule has 0 N–H and O–H groups in total. The van der Waals surface area contributed by atoms with Gasteiger partial charge in [-0.15, -0.1) is 11.8 Å². The molecule has 0 bridgehead atoms. The van der Waals surface area contributed by atoms with E-state index in [0.717, 1.165) is 38.6 Å². The topological polar surface area (TPSA) is 57.4 Å². The second-order valence-corrected chi connectivity index (χ2v) is 6.78. The van der Waals surface area contributed by atoms with Crippen molar-refractivity contribution in [2.75, 3.05) is 19.7 Å². The summed E-state index contributed by atoms with van der Waals surface area (Å²) in [5.74, 6) is 1.43. The summed E-state index contributed by atoms with van der Waals surface area (Å²) in [6, 6.07) is 7.76. The first kappa shape index (κ1) is 18.0. The van der Waals surface area contributed by atoms with Crippen molar-refractivity contribution in [3.63, 3.8) is 0 Å². The fraction of sp³-hybridized carbons (Fsp3) is 0.278. The Balaban J connectivity index is 1.95. The first-order valence-corrected chi connectivity index (χ1v) is 9.25. The average Bonchev–Trinajstić information content (AvgIpc) is 3.05. The molecule has 3 rings (SSSR count). The SMILES string of the molecule is CCSc1cc(COCOC)cnc1-c1nc2cc(C=S)ccc2o1. The lowest BCUT2D eigenvalue weighted by Crippen LogP contribution is -1.99. The summed E-state index contributed by atoms with van der Waals surface area (Å²) in [6.45, 7) is 2.80. The third-order valence-electron chi connectivity index (χ3n) is 3.43. The van der Waals surface area contributed by atoms with Gasteiger partial charge in [0.1, 0.15) is 18.0 Å². The van der Waals surface area contributed by atoms with Crippen molar-refractivity contribution in [2.45, 2.75) is 18.4 Å². The maximum Gasteiger partial charge on any atom is 0.247 e. The third-order valence-corrected chi connectivity index (χ3v) is 4.61. The van der Waals surface area contributed by atoms with E-state index in [4.69, 9.17) is 26.1 Å². The normalized spacial score (nSPS) is 11.1. The van der Waals surface area contributed by atoms with Gasteiger partial charge in [0.25, 0.3) is 0 Å². The Morgan fingerprint density at radius 1 is 1.32 bits per heavy atom. The molecule has 0 aliphatic rings. The number of pyridine rings is 1. The molecule has 2 heterocycles. The van der Waals surface area contributed by atoms with Gasteiger partial charge in [-0.3, -0.25) is 0 Å². The number of hydrogen-bond acceptors (Lipinski definition) is 7. The molecular weight excluding hydrogens is 356 g/mol. The standard InChI is InChI=1S/C18H18N2O3S2/c1-3-25-16-7-13(9-22-11-21-2)8-19-17(16)18-20-14-6-12(10-24)4-5-15(14)23-18/h4-8,10H,3,9,11H2,1-2H3. The quantitative estimate of drug-likeness (QED) is 0.249. The number of benzene rings is 1. The van der Waals surface area contributed by atoms with Crippen molar-refractivity contribution < 1.29 is 13.9 Å². The minimum atomic E-state index is 0.255. The molecule has 2 aromatic heterocycles. The molecule has 0 saturated heterocycles. The summed E-state index contributed by atoms with van der Waals surface area (Å²) >= 11 is 6.67. The fourth-order valence-electron chi connectivity index (χ4n) is 2.35. The van der Waals surface area contributed by atoms with Crippen LogP contribution in [0.2, 0.25) is 0 Å². The van der Waals surface area contributed by atoms with Crippen LogP contribution >= 0.6 is 24.0 Å². The van der Waals surface area contributed by atoms with Crippen LogP contribution in [0.1, 0.15) is 18.1 Å². The Labute approximate surface area is 155 Å². The number of nitrogens with zero attached hydrogens (tertiary/aromatic N) is 2. The predicted octanol–water partition coefficient (Wildman–Crippen LogP) is 4.47. The molecule has 5 nitrogen and oxygen atoms in total. The predicted molar refractivity (Wildman–Crippen MR) is 103 cm³/mol. The minimum absolute atomic E-state index is 0.255. The van der Waals surface area contributed by atoms with Crippen LogP contribution in [-0.4, -0.2) is 35.0 Å². The largest absolute Gasteiger partial charge is 0.435 e. The van der Waals surface area contributed by atoms with Gasteiger partial charge < -0.3 is 13.9 Å². The first-order chi connectivity index (χ1) is 12.2. The second kappa shape index (κ2) is 8.53. The molecule has 0 fully saturated rings. The van der Waals surface area contributed by atoms with Gasteiger partial charge in [0.15, 0.2) is 5.58 Å². The molecule has 3 aromatic rings. The van der Waals surface area contributed by atoms with E-state index < -0.39 is 0 Å². The van der Waals surface area contributed by atoms with E-state index in [0.29, 0.717) is 12.5 Å². The Hall–Kier alpha value is -1.80. The van der Waals surface area contributed by atoms with Crippen molar-refractivity contribution in [1.29, 1.82) is 0 Å². The Kier molecular flexibility index (Phi) is 6.14. The second-order valence-electron chi connectivity index (χ2n) is 5.24. The van der Waals surface area contributed by atoms with Crippen LogP contribution in [0.15, 0.2) is 39.8 Å². The van der Waals surface area contributed by atoms with E-state index >= 15 is 0 Å². The Morgan fingerprint density at radius 3 is 2.96 bits per heavy atom. The van der Waals surface area contributed by atoms with Gasteiger partial charge in [-0.2, -0.15) is 0 Å². The molecule has 7 heteroatoms. The van der Waals surface area contributed by atoms with Crippen LogP contribution in [0.25, 0.3) is 22.7 Å². The van der Waals surface area contributed by atoms with E-state index in [-0.39, 0.29) is 6.79 Å². The number of thioether (sulfide) groups is 1. The lowest BCUT2D eigenvalue weighted by atomic mass is 10.2. The molecule has 0 unspecified atom stereocenters. The van der Waals surface area contributed by atoms with Gasteiger partial charge in [-0.25, -0.2) is 9.97 Å². The smallest absolute Gasteiger partial charge is 0.247 e. The molecular formula is C18H18N2O3S2. The summed E-state index contributed by atoms with van der Waals surface area (Å²) in [5, 5.41) is 1.62. The van der Waals surface area contributed by atoms with E-state index in [1.54, 1.807) is 30.4 Å². The molecule has 1 aromatic carbocycles. The third kappa shape index (κ3) is 4.24. The molecule has 0 amide bonds. The zero-order valence-corrected chi connectivity index (χ0v) is 15.7. The average molecular weight is 374 g/mol. The van der Waals surface area contributed by atoms with Gasteiger partial charge in [0.05, 0.1) is 6.61 Å². The lowest BCUT2D eigenvalue weighted by Gasteiger charge is -2.08. The molecule has 0 saturated carbocycles. The molecule has 0 radical (unpaired) electrons. The van der Waals surface area contributed by atoms with Crippen molar-refractivity contribution >= 4 is 40.4 Å². The zero-order chi connectivity index (χ0) is 17.6. The highest BCUT2D eigenvalue weighted by atomic mass is 32.2. The Morgan fingerprint density at radius 2 is 2.20 bits per heavy atom. The lowest BCUT2D eigenvalue weighted by molar-refractivity contribution is -0.0391. The Bertz CT molecular complexity index is 880. The summed E-state index contributed by atoms with van der Waals surface area (Å²) in [6.07, 6.45) is 1.78. The number of oxazole rings is 1. The zero-order valence-electron chi connectivity index (χ0n) is 14.0. The van der Waals surface area contributed by atoms with Gasteiger partial charge in [-0.05, 0) is 35.1 Å². The summed E-state index contributed by atoms with van der Waals surface area (Å²) in [4.78, 5) is 10.2. The van der Waals surface area contributed by atoms with Crippen LogP contribution in [0.3, 0.4) is 0 Å². The minimum Gasteiger partial charge on any atom is -0.435 e. The van der Waals surface area contributed by atoms with E-state index in [9.17, 15) is 0 Å². The van der Waals surface area contributed by atoms with Gasteiger partial charge in [0, 0.05) is 23.6 Å². The van der Waals surface area contributed by atoms with Gasteiger partial charge in [0.2, 0.25) is 5.89 Å². The molecule has 0 aliphatic carbocycles. The molecule has 130 valence electrons.